The van der Waals surface area contributed by atoms with E-state index in [2.05, 4.69) is 45.9 Å². The van der Waals surface area contributed by atoms with Gasteiger partial charge in [-0.15, -0.1) is 0 Å². The average molecular weight is 304 g/mol. The Labute approximate surface area is 136 Å². The summed E-state index contributed by atoms with van der Waals surface area (Å²) >= 11 is 0. The van der Waals surface area contributed by atoms with Gasteiger partial charge in [-0.3, -0.25) is 0 Å². The molecule has 2 nitrogen and oxygen atoms in total. The molecule has 0 saturated heterocycles. The first-order valence-electron chi connectivity index (χ1n) is 8.36. The largest absolute Gasteiger partial charge is 0.478 e. The summed E-state index contributed by atoms with van der Waals surface area (Å²) in [7, 11) is 0. The lowest BCUT2D eigenvalue weighted by atomic mass is 10.0. The first-order chi connectivity index (χ1) is 10.5. The molecule has 0 aliphatic rings. The van der Waals surface area contributed by atoms with Crippen LogP contribution >= 0.6 is 0 Å². The second kappa shape index (κ2) is 13.1. The smallest absolute Gasteiger partial charge is 0.328 e. The van der Waals surface area contributed by atoms with Crippen LogP contribution in [0.25, 0.3) is 0 Å². The summed E-state index contributed by atoms with van der Waals surface area (Å²) in [6.45, 7) is 8.92. The van der Waals surface area contributed by atoms with Crippen LogP contribution in [-0.2, 0) is 4.79 Å². The highest BCUT2D eigenvalue weighted by Gasteiger charge is 1.97. The minimum atomic E-state index is -0.906. The topological polar surface area (TPSA) is 37.3 Å². The van der Waals surface area contributed by atoms with E-state index in [1.807, 2.05) is 6.08 Å². The molecular formula is C20H32O2. The zero-order chi connectivity index (χ0) is 16.8. The van der Waals surface area contributed by atoms with Gasteiger partial charge in [-0.1, -0.05) is 69.2 Å². The molecule has 22 heavy (non-hydrogen) atoms. The quantitative estimate of drug-likeness (QED) is 0.379. The van der Waals surface area contributed by atoms with E-state index in [-0.39, 0.29) is 0 Å². The van der Waals surface area contributed by atoms with Gasteiger partial charge < -0.3 is 5.11 Å². The van der Waals surface area contributed by atoms with Crippen molar-refractivity contribution in [2.24, 2.45) is 11.8 Å². The molecule has 0 saturated carbocycles. The summed E-state index contributed by atoms with van der Waals surface area (Å²) in [4.78, 5) is 10.3. The van der Waals surface area contributed by atoms with Gasteiger partial charge in [0.1, 0.15) is 0 Å². The van der Waals surface area contributed by atoms with Crippen molar-refractivity contribution in [3.63, 3.8) is 0 Å². The van der Waals surface area contributed by atoms with Crippen molar-refractivity contribution in [1.82, 2.24) is 0 Å². The molecule has 0 radical (unpaired) electrons. The monoisotopic (exact) mass is 304 g/mol. The van der Waals surface area contributed by atoms with E-state index in [0.717, 1.165) is 31.3 Å². The second-order valence-corrected chi connectivity index (χ2v) is 6.08. The van der Waals surface area contributed by atoms with Crippen molar-refractivity contribution < 1.29 is 9.90 Å². The molecule has 2 heteroatoms. The molecule has 124 valence electrons. The molecule has 0 rings (SSSR count). The standard InChI is InChI=1S/C20H32O2/c1-5-17(2)12-10-11-14-19(4)16-18(3)13-8-6-7-9-15-20(21)22/h6-7,9,11,14-18H,5,8,10,12-13H2,1-4H3,(H,21,22)/b7-6+,14-11+,15-9+,19-16+/t17-,18-/m1/s1. The van der Waals surface area contributed by atoms with Crippen LogP contribution in [0, 0.1) is 11.8 Å². The van der Waals surface area contributed by atoms with Gasteiger partial charge in [-0.25, -0.2) is 4.79 Å². The van der Waals surface area contributed by atoms with Crippen LogP contribution in [-0.4, -0.2) is 11.1 Å². The fourth-order valence-corrected chi connectivity index (χ4v) is 2.11. The Bertz CT molecular complexity index is 413. The third-order valence-electron chi connectivity index (χ3n) is 3.73. The highest BCUT2D eigenvalue weighted by molar-refractivity contribution is 5.80. The Morgan fingerprint density at radius 1 is 1.05 bits per heavy atom. The molecule has 0 aromatic rings. The van der Waals surface area contributed by atoms with E-state index >= 15 is 0 Å². The molecule has 0 aromatic heterocycles. The molecule has 0 aliphatic heterocycles. The number of hydrogen-bond acceptors (Lipinski definition) is 1. The second-order valence-electron chi connectivity index (χ2n) is 6.08. The predicted octanol–water partition coefficient (Wildman–Crippen LogP) is 5.93. The fourth-order valence-electron chi connectivity index (χ4n) is 2.11. The Balaban J connectivity index is 3.98. The van der Waals surface area contributed by atoms with Crippen molar-refractivity contribution in [3.05, 3.63) is 48.1 Å². The molecule has 0 aliphatic carbocycles. The number of aliphatic carboxylic acids is 1. The van der Waals surface area contributed by atoms with Crippen LogP contribution in [0.1, 0.15) is 59.8 Å². The molecule has 1 N–H and O–H groups in total. The van der Waals surface area contributed by atoms with Crippen molar-refractivity contribution in [1.29, 1.82) is 0 Å². The molecule has 2 atom stereocenters. The van der Waals surface area contributed by atoms with E-state index in [9.17, 15) is 4.79 Å². The summed E-state index contributed by atoms with van der Waals surface area (Å²) in [5.74, 6) is 0.443. The van der Waals surface area contributed by atoms with Crippen LogP contribution in [0.15, 0.2) is 48.1 Å². The fraction of sp³-hybridized carbons (Fsp3) is 0.550. The molecule has 0 amide bonds. The van der Waals surface area contributed by atoms with Gasteiger partial charge >= 0.3 is 5.97 Å². The van der Waals surface area contributed by atoms with Crippen molar-refractivity contribution in [2.45, 2.75) is 59.8 Å². The minimum absolute atomic E-state index is 0.535. The van der Waals surface area contributed by atoms with Gasteiger partial charge in [0.15, 0.2) is 0 Å². The SMILES string of the molecule is CC[C@@H](C)CC/C=C/C(C)=C/[C@H](C)CC/C=C/C=C/C(=O)O. The van der Waals surface area contributed by atoms with E-state index < -0.39 is 5.97 Å². The first kappa shape index (κ1) is 20.4. The maximum atomic E-state index is 10.3. The van der Waals surface area contributed by atoms with Crippen LogP contribution in [0.3, 0.4) is 0 Å². The Kier molecular flexibility index (Phi) is 12.2. The number of carbonyl (C=O) groups is 1. The maximum Gasteiger partial charge on any atom is 0.328 e. The zero-order valence-electron chi connectivity index (χ0n) is 14.6. The minimum Gasteiger partial charge on any atom is -0.478 e. The Morgan fingerprint density at radius 2 is 1.73 bits per heavy atom. The van der Waals surface area contributed by atoms with Gasteiger partial charge in [0.05, 0.1) is 0 Å². The van der Waals surface area contributed by atoms with Crippen LogP contribution in [0.4, 0.5) is 0 Å². The normalized spacial score (nSPS) is 15.9. The lowest BCUT2D eigenvalue weighted by Crippen LogP contribution is -1.90. The van der Waals surface area contributed by atoms with E-state index in [1.54, 1.807) is 12.2 Å². The summed E-state index contributed by atoms with van der Waals surface area (Å²) < 4.78 is 0. The molecule has 0 heterocycles. The molecule has 0 unspecified atom stereocenters. The molecule has 0 bridgehead atoms. The van der Waals surface area contributed by atoms with E-state index in [4.69, 9.17) is 5.11 Å². The average Bonchev–Trinajstić information content (AvgIpc) is 2.46. The number of carboxylic acids is 1. The molecular weight excluding hydrogens is 272 g/mol. The number of hydrogen-bond donors (Lipinski definition) is 1. The van der Waals surface area contributed by atoms with Crippen LogP contribution < -0.4 is 0 Å². The van der Waals surface area contributed by atoms with Gasteiger partial charge in [0.2, 0.25) is 0 Å². The highest BCUT2D eigenvalue weighted by Crippen LogP contribution is 2.13. The highest BCUT2D eigenvalue weighted by atomic mass is 16.4. The van der Waals surface area contributed by atoms with Crippen molar-refractivity contribution in [3.8, 4) is 0 Å². The van der Waals surface area contributed by atoms with Crippen molar-refractivity contribution in [2.75, 3.05) is 0 Å². The van der Waals surface area contributed by atoms with Gasteiger partial charge in [0.25, 0.3) is 0 Å². The van der Waals surface area contributed by atoms with E-state index in [0.29, 0.717) is 5.92 Å². The lowest BCUT2D eigenvalue weighted by Gasteiger charge is -2.06. The van der Waals surface area contributed by atoms with Crippen LogP contribution in [0.2, 0.25) is 0 Å². The predicted molar refractivity (Wildman–Crippen MR) is 95.9 cm³/mol. The zero-order valence-corrected chi connectivity index (χ0v) is 14.6. The summed E-state index contributed by atoms with van der Waals surface area (Å²) in [5.41, 5.74) is 1.33. The third-order valence-corrected chi connectivity index (χ3v) is 3.73. The lowest BCUT2D eigenvalue weighted by molar-refractivity contribution is -0.131. The maximum absolute atomic E-state index is 10.3. The Morgan fingerprint density at radius 3 is 2.36 bits per heavy atom. The summed E-state index contributed by atoms with van der Waals surface area (Å²) in [6.07, 6.45) is 19.1. The van der Waals surface area contributed by atoms with Gasteiger partial charge in [0, 0.05) is 6.08 Å². The number of rotatable bonds is 11. The van der Waals surface area contributed by atoms with Crippen LogP contribution in [0.5, 0.6) is 0 Å². The van der Waals surface area contributed by atoms with Crippen molar-refractivity contribution >= 4 is 5.97 Å². The summed E-state index contributed by atoms with van der Waals surface area (Å²) in [5, 5.41) is 8.46. The molecule has 0 aromatic carbocycles. The number of allylic oxidation sites excluding steroid dienone is 7. The molecule has 0 spiro atoms. The first-order valence-corrected chi connectivity index (χ1v) is 8.36. The van der Waals surface area contributed by atoms with Gasteiger partial charge in [-0.05, 0) is 44.4 Å². The summed E-state index contributed by atoms with van der Waals surface area (Å²) in [6, 6.07) is 0. The number of carboxylic acid groups (broad SMARTS) is 1. The Hall–Kier alpha value is -1.57. The van der Waals surface area contributed by atoms with E-state index in [1.165, 1.54) is 18.4 Å². The third kappa shape index (κ3) is 13.4. The van der Waals surface area contributed by atoms with Gasteiger partial charge in [-0.2, -0.15) is 0 Å². The molecule has 0 fully saturated rings.